The number of nitrogens with zero attached hydrogens (tertiary/aromatic N) is 1. The number of alkyl halides is 4. The maximum Gasteiger partial charge on any atom is 0.418 e. The molecule has 0 radical (unpaired) electrons. The average molecular weight is 341 g/mol. The molecule has 2 aromatic rings. The van der Waals surface area contributed by atoms with Crippen molar-refractivity contribution in [3.63, 3.8) is 0 Å². The van der Waals surface area contributed by atoms with Crippen LogP contribution < -0.4 is 0 Å². The van der Waals surface area contributed by atoms with Crippen LogP contribution in [0.1, 0.15) is 11.1 Å². The third-order valence-electron chi connectivity index (χ3n) is 2.67. The minimum atomic E-state index is -4.49. The standard InChI is InChI=1S/C13H7Cl3F3N/c14-5-7-4-11(20-6-9(7)13(17,18)19)8-2-1-3-10(15)12(8)16/h1-4,6H,5H2. The number of hydrogen-bond donors (Lipinski definition) is 0. The molecule has 0 unspecified atom stereocenters. The number of hydrogen-bond acceptors (Lipinski definition) is 1. The molecule has 1 aromatic carbocycles. The first-order valence-corrected chi connectivity index (χ1v) is 6.70. The quantitative estimate of drug-likeness (QED) is 0.628. The molecule has 1 aromatic heterocycles. The van der Waals surface area contributed by atoms with E-state index >= 15 is 0 Å². The molecule has 0 bridgehead atoms. The van der Waals surface area contributed by atoms with E-state index in [0.717, 1.165) is 6.20 Å². The Balaban J connectivity index is 2.58. The molecular weight excluding hydrogens is 334 g/mol. The summed E-state index contributed by atoms with van der Waals surface area (Å²) in [6.45, 7) is 0. The van der Waals surface area contributed by atoms with Crippen molar-refractivity contribution in [2.75, 3.05) is 0 Å². The monoisotopic (exact) mass is 339 g/mol. The molecule has 0 amide bonds. The molecule has 2 rings (SSSR count). The van der Waals surface area contributed by atoms with E-state index in [1.54, 1.807) is 18.2 Å². The second-order valence-corrected chi connectivity index (χ2v) is 5.01. The van der Waals surface area contributed by atoms with Crippen LogP contribution in [-0.2, 0) is 12.1 Å². The normalized spacial score (nSPS) is 11.7. The third kappa shape index (κ3) is 3.03. The first-order valence-electron chi connectivity index (χ1n) is 5.41. The first kappa shape index (κ1) is 15.4. The highest BCUT2D eigenvalue weighted by atomic mass is 35.5. The van der Waals surface area contributed by atoms with Crippen molar-refractivity contribution in [1.29, 1.82) is 0 Å². The van der Waals surface area contributed by atoms with Crippen LogP contribution in [0.4, 0.5) is 13.2 Å². The Bertz CT molecular complexity index is 641. The highest BCUT2D eigenvalue weighted by Gasteiger charge is 2.33. The van der Waals surface area contributed by atoms with E-state index in [1.165, 1.54) is 6.07 Å². The lowest BCUT2D eigenvalue weighted by molar-refractivity contribution is -0.138. The van der Waals surface area contributed by atoms with E-state index in [2.05, 4.69) is 4.98 Å². The average Bonchev–Trinajstić information content (AvgIpc) is 2.40. The second-order valence-electron chi connectivity index (χ2n) is 3.96. The van der Waals surface area contributed by atoms with E-state index in [1.807, 2.05) is 0 Å². The predicted molar refractivity (Wildman–Crippen MR) is 74.3 cm³/mol. The van der Waals surface area contributed by atoms with Crippen LogP contribution in [0.25, 0.3) is 11.3 Å². The van der Waals surface area contributed by atoms with Gasteiger partial charge in [-0.25, -0.2) is 0 Å². The van der Waals surface area contributed by atoms with Crippen molar-refractivity contribution in [3.8, 4) is 11.3 Å². The molecule has 0 aliphatic rings. The van der Waals surface area contributed by atoms with E-state index < -0.39 is 11.7 Å². The van der Waals surface area contributed by atoms with Crippen molar-refractivity contribution in [3.05, 3.63) is 51.6 Å². The van der Waals surface area contributed by atoms with Crippen LogP contribution >= 0.6 is 34.8 Å². The maximum atomic E-state index is 12.8. The van der Waals surface area contributed by atoms with E-state index in [-0.39, 0.29) is 16.5 Å². The lowest BCUT2D eigenvalue weighted by Crippen LogP contribution is -2.09. The Hall–Kier alpha value is -0.970. The molecule has 1 nitrogen and oxygen atoms in total. The lowest BCUT2D eigenvalue weighted by Gasteiger charge is -2.13. The smallest absolute Gasteiger partial charge is 0.256 e. The minimum Gasteiger partial charge on any atom is -0.256 e. The number of rotatable bonds is 2. The van der Waals surface area contributed by atoms with Gasteiger partial charge < -0.3 is 0 Å². The maximum absolute atomic E-state index is 12.8. The van der Waals surface area contributed by atoms with Gasteiger partial charge in [-0.1, -0.05) is 35.3 Å². The Morgan fingerprint density at radius 3 is 2.45 bits per heavy atom. The van der Waals surface area contributed by atoms with E-state index in [9.17, 15) is 13.2 Å². The largest absolute Gasteiger partial charge is 0.418 e. The number of benzene rings is 1. The molecule has 1 heterocycles. The molecule has 0 atom stereocenters. The highest BCUT2D eigenvalue weighted by molar-refractivity contribution is 6.43. The molecule has 20 heavy (non-hydrogen) atoms. The van der Waals surface area contributed by atoms with Gasteiger partial charge in [0.2, 0.25) is 0 Å². The summed E-state index contributed by atoms with van der Waals surface area (Å²) < 4.78 is 38.3. The van der Waals surface area contributed by atoms with Gasteiger partial charge in [0.05, 0.1) is 21.3 Å². The van der Waals surface area contributed by atoms with E-state index in [4.69, 9.17) is 34.8 Å². The number of aromatic nitrogens is 1. The van der Waals surface area contributed by atoms with Crippen molar-refractivity contribution in [2.45, 2.75) is 12.1 Å². The fourth-order valence-electron chi connectivity index (χ4n) is 1.71. The van der Waals surface area contributed by atoms with Crippen LogP contribution in [0, 0.1) is 0 Å². The molecule has 0 fully saturated rings. The molecule has 0 spiro atoms. The lowest BCUT2D eigenvalue weighted by atomic mass is 10.1. The Morgan fingerprint density at radius 2 is 1.85 bits per heavy atom. The van der Waals surface area contributed by atoms with Gasteiger partial charge in [-0.05, 0) is 17.7 Å². The van der Waals surface area contributed by atoms with Crippen LogP contribution in [0.3, 0.4) is 0 Å². The summed E-state index contributed by atoms with van der Waals surface area (Å²) in [4.78, 5) is 3.80. The number of halogens is 6. The van der Waals surface area contributed by atoms with Crippen molar-refractivity contribution < 1.29 is 13.2 Å². The summed E-state index contributed by atoms with van der Waals surface area (Å²) in [6, 6.07) is 6.12. The van der Waals surface area contributed by atoms with E-state index in [0.29, 0.717) is 16.3 Å². The van der Waals surface area contributed by atoms with Gasteiger partial charge in [-0.15, -0.1) is 11.6 Å². The molecule has 0 aliphatic heterocycles. The fourth-order valence-corrected chi connectivity index (χ4v) is 2.33. The molecule has 0 N–H and O–H groups in total. The van der Waals surface area contributed by atoms with Crippen molar-refractivity contribution >= 4 is 34.8 Å². The van der Waals surface area contributed by atoms with Gasteiger partial charge in [-0.2, -0.15) is 13.2 Å². The van der Waals surface area contributed by atoms with Crippen molar-refractivity contribution in [1.82, 2.24) is 4.98 Å². The number of pyridine rings is 1. The Morgan fingerprint density at radius 1 is 1.15 bits per heavy atom. The summed E-state index contributed by atoms with van der Waals surface area (Å²) in [5.41, 5.74) is -0.157. The molecule has 7 heteroatoms. The van der Waals surface area contributed by atoms with Gasteiger partial charge >= 0.3 is 6.18 Å². The zero-order chi connectivity index (χ0) is 14.9. The Kier molecular flexibility index (Phi) is 4.47. The van der Waals surface area contributed by atoms with Gasteiger partial charge in [-0.3, -0.25) is 4.98 Å². The summed E-state index contributed by atoms with van der Waals surface area (Å²) in [6.07, 6.45) is -3.74. The van der Waals surface area contributed by atoms with Crippen LogP contribution in [0.2, 0.25) is 10.0 Å². The summed E-state index contributed by atoms with van der Waals surface area (Å²) in [5.74, 6) is -0.275. The predicted octanol–water partition coefficient (Wildman–Crippen LogP) is 5.81. The van der Waals surface area contributed by atoms with Gasteiger partial charge in [0.1, 0.15) is 0 Å². The minimum absolute atomic E-state index is 0.0554. The molecule has 0 saturated heterocycles. The van der Waals surface area contributed by atoms with Gasteiger partial charge in [0, 0.05) is 17.6 Å². The van der Waals surface area contributed by atoms with Crippen LogP contribution in [0.5, 0.6) is 0 Å². The van der Waals surface area contributed by atoms with Crippen LogP contribution in [-0.4, -0.2) is 4.98 Å². The topological polar surface area (TPSA) is 12.9 Å². The van der Waals surface area contributed by atoms with Crippen molar-refractivity contribution in [2.24, 2.45) is 0 Å². The molecule has 106 valence electrons. The fraction of sp³-hybridized carbons (Fsp3) is 0.154. The summed E-state index contributed by atoms with van der Waals surface area (Å²) in [7, 11) is 0. The summed E-state index contributed by atoms with van der Waals surface area (Å²) >= 11 is 17.5. The Labute approximate surface area is 128 Å². The molecule has 0 saturated carbocycles. The third-order valence-corrected chi connectivity index (χ3v) is 3.77. The van der Waals surface area contributed by atoms with Gasteiger partial charge in [0.15, 0.2) is 0 Å². The van der Waals surface area contributed by atoms with Gasteiger partial charge in [0.25, 0.3) is 0 Å². The molecular formula is C13H7Cl3F3N. The zero-order valence-corrected chi connectivity index (χ0v) is 12.1. The molecule has 0 aliphatic carbocycles. The highest BCUT2D eigenvalue weighted by Crippen LogP contribution is 2.36. The zero-order valence-electron chi connectivity index (χ0n) is 9.81. The summed E-state index contributed by atoms with van der Waals surface area (Å²) in [5, 5.41) is 0.542. The SMILES string of the molecule is FC(F)(F)c1cnc(-c2cccc(Cl)c2Cl)cc1CCl. The first-order chi connectivity index (χ1) is 9.34. The van der Waals surface area contributed by atoms with Crippen LogP contribution in [0.15, 0.2) is 30.5 Å². The second kappa shape index (κ2) is 5.80.